The lowest BCUT2D eigenvalue weighted by atomic mass is 10.3. The summed E-state index contributed by atoms with van der Waals surface area (Å²) in [5, 5.41) is 4.60. The van der Waals surface area contributed by atoms with Gasteiger partial charge in [-0.25, -0.2) is 9.97 Å². The average Bonchev–Trinajstić information content (AvgIpc) is 3.12. The third-order valence-corrected chi connectivity index (χ3v) is 5.69. The molecule has 2 heterocycles. The van der Waals surface area contributed by atoms with Crippen molar-refractivity contribution in [2.75, 3.05) is 0 Å². The third-order valence-electron chi connectivity index (χ3n) is 4.35. The van der Waals surface area contributed by atoms with E-state index in [9.17, 15) is 4.79 Å². The van der Waals surface area contributed by atoms with Crippen molar-refractivity contribution in [2.45, 2.75) is 57.5 Å². The van der Waals surface area contributed by atoms with Gasteiger partial charge in [-0.2, -0.15) is 0 Å². The molecule has 2 aliphatic carbocycles. The SMILES string of the molecule is CC(NCc1cc(=O)[nH]c(C2CC2)n1)c1nc2c(s1)CCC2. The molecular formula is C16H20N4OS. The predicted octanol–water partition coefficient (Wildman–Crippen LogP) is 2.44. The van der Waals surface area contributed by atoms with Gasteiger partial charge in [0.1, 0.15) is 10.8 Å². The molecule has 0 bridgehead atoms. The fourth-order valence-electron chi connectivity index (χ4n) is 2.91. The van der Waals surface area contributed by atoms with E-state index in [4.69, 9.17) is 4.98 Å². The van der Waals surface area contributed by atoms with Gasteiger partial charge >= 0.3 is 0 Å². The molecule has 1 saturated carbocycles. The lowest BCUT2D eigenvalue weighted by Gasteiger charge is -2.11. The lowest BCUT2D eigenvalue weighted by Crippen LogP contribution is -2.21. The summed E-state index contributed by atoms with van der Waals surface area (Å²) >= 11 is 1.82. The molecule has 2 N–H and O–H groups in total. The lowest BCUT2D eigenvalue weighted by molar-refractivity contribution is 0.561. The number of nitrogens with one attached hydrogen (secondary N) is 2. The fourth-order valence-corrected chi connectivity index (χ4v) is 4.09. The van der Waals surface area contributed by atoms with E-state index < -0.39 is 0 Å². The van der Waals surface area contributed by atoms with Gasteiger partial charge in [-0.1, -0.05) is 0 Å². The highest BCUT2D eigenvalue weighted by Gasteiger charge is 2.26. The molecule has 1 unspecified atom stereocenters. The van der Waals surface area contributed by atoms with Gasteiger partial charge in [0.05, 0.1) is 17.4 Å². The maximum absolute atomic E-state index is 11.7. The first-order valence-electron chi connectivity index (χ1n) is 8.01. The number of hydrogen-bond donors (Lipinski definition) is 2. The molecule has 22 heavy (non-hydrogen) atoms. The average molecular weight is 316 g/mol. The van der Waals surface area contributed by atoms with Crippen molar-refractivity contribution in [1.29, 1.82) is 0 Å². The van der Waals surface area contributed by atoms with Crippen molar-refractivity contribution in [3.8, 4) is 0 Å². The molecule has 0 aliphatic heterocycles. The minimum atomic E-state index is -0.0467. The molecule has 0 saturated heterocycles. The number of aryl methyl sites for hydroxylation is 2. The van der Waals surface area contributed by atoms with Gasteiger partial charge in [0.25, 0.3) is 5.56 Å². The van der Waals surface area contributed by atoms with Gasteiger partial charge in [-0.3, -0.25) is 4.79 Å². The molecule has 1 fully saturated rings. The standard InChI is InChI=1S/C16H20N4OS/c1-9(16-19-12-3-2-4-13(12)22-16)17-8-11-7-14(21)20-15(18-11)10-5-6-10/h7,9-10,17H,2-6,8H2,1H3,(H,18,20,21). The molecule has 2 aromatic heterocycles. The predicted molar refractivity (Wildman–Crippen MR) is 86.2 cm³/mol. The van der Waals surface area contributed by atoms with Gasteiger partial charge in [0.15, 0.2) is 0 Å². The largest absolute Gasteiger partial charge is 0.310 e. The van der Waals surface area contributed by atoms with Crippen LogP contribution in [0.1, 0.15) is 65.2 Å². The van der Waals surface area contributed by atoms with Crippen molar-refractivity contribution < 1.29 is 0 Å². The van der Waals surface area contributed by atoms with Crippen molar-refractivity contribution in [3.05, 3.63) is 43.5 Å². The molecule has 0 amide bonds. The third kappa shape index (κ3) is 2.85. The summed E-state index contributed by atoms with van der Waals surface area (Å²) in [6.45, 7) is 2.73. The van der Waals surface area contributed by atoms with Crippen molar-refractivity contribution in [2.24, 2.45) is 0 Å². The maximum atomic E-state index is 11.7. The Morgan fingerprint density at radius 2 is 2.27 bits per heavy atom. The number of nitrogens with zero attached hydrogens (tertiary/aromatic N) is 2. The Bertz CT molecular complexity index is 725. The summed E-state index contributed by atoms with van der Waals surface area (Å²) in [6.07, 6.45) is 5.83. The minimum absolute atomic E-state index is 0.0467. The maximum Gasteiger partial charge on any atom is 0.251 e. The van der Waals surface area contributed by atoms with E-state index in [1.54, 1.807) is 6.07 Å². The molecule has 1 atom stereocenters. The molecule has 0 spiro atoms. The highest BCUT2D eigenvalue weighted by atomic mass is 32.1. The second kappa shape index (κ2) is 5.59. The Kier molecular flexibility index (Phi) is 3.58. The van der Waals surface area contributed by atoms with Gasteiger partial charge in [0, 0.05) is 23.4 Å². The van der Waals surface area contributed by atoms with E-state index in [0.717, 1.165) is 35.8 Å². The van der Waals surface area contributed by atoms with Crippen LogP contribution in [0.5, 0.6) is 0 Å². The summed E-state index contributed by atoms with van der Waals surface area (Å²) < 4.78 is 0. The van der Waals surface area contributed by atoms with Crippen LogP contribution in [-0.2, 0) is 19.4 Å². The molecule has 5 nitrogen and oxygen atoms in total. The first-order valence-corrected chi connectivity index (χ1v) is 8.82. The van der Waals surface area contributed by atoms with Crippen LogP contribution in [0.25, 0.3) is 0 Å². The van der Waals surface area contributed by atoms with Crippen LogP contribution in [0.15, 0.2) is 10.9 Å². The normalized spacial score (nSPS) is 18.4. The minimum Gasteiger partial charge on any atom is -0.310 e. The van der Waals surface area contributed by atoms with Crippen LogP contribution in [-0.4, -0.2) is 15.0 Å². The molecule has 116 valence electrons. The summed E-state index contributed by atoms with van der Waals surface area (Å²) in [6, 6.07) is 1.79. The summed E-state index contributed by atoms with van der Waals surface area (Å²) in [7, 11) is 0. The second-order valence-corrected chi connectivity index (χ2v) is 7.39. The van der Waals surface area contributed by atoms with Crippen molar-refractivity contribution >= 4 is 11.3 Å². The number of H-pyrrole nitrogens is 1. The number of rotatable bonds is 5. The number of aromatic nitrogens is 3. The van der Waals surface area contributed by atoms with Crippen LogP contribution < -0.4 is 10.9 Å². The molecule has 2 aromatic rings. The second-order valence-electron chi connectivity index (χ2n) is 6.27. The van der Waals surface area contributed by atoms with Crippen LogP contribution in [0.4, 0.5) is 0 Å². The van der Waals surface area contributed by atoms with E-state index in [1.807, 2.05) is 11.3 Å². The van der Waals surface area contributed by atoms with Gasteiger partial charge < -0.3 is 10.3 Å². The van der Waals surface area contributed by atoms with E-state index in [0.29, 0.717) is 12.5 Å². The Labute approximate surface area is 133 Å². The number of aromatic amines is 1. The Morgan fingerprint density at radius 1 is 1.41 bits per heavy atom. The monoisotopic (exact) mass is 316 g/mol. The van der Waals surface area contributed by atoms with Gasteiger partial charge in [-0.15, -0.1) is 11.3 Å². The first kappa shape index (κ1) is 14.1. The van der Waals surface area contributed by atoms with Crippen LogP contribution in [0.3, 0.4) is 0 Å². The highest BCUT2D eigenvalue weighted by molar-refractivity contribution is 7.11. The summed E-state index contributed by atoms with van der Waals surface area (Å²) in [5.74, 6) is 1.32. The zero-order valence-corrected chi connectivity index (χ0v) is 13.5. The Hall–Kier alpha value is -1.53. The van der Waals surface area contributed by atoms with E-state index >= 15 is 0 Å². The fraction of sp³-hybridized carbons (Fsp3) is 0.562. The Morgan fingerprint density at radius 3 is 3.05 bits per heavy atom. The topological polar surface area (TPSA) is 70.7 Å². The van der Waals surface area contributed by atoms with Crippen molar-refractivity contribution in [3.63, 3.8) is 0 Å². The Balaban J connectivity index is 1.44. The van der Waals surface area contributed by atoms with Gasteiger partial charge in [0.2, 0.25) is 0 Å². The molecule has 0 radical (unpaired) electrons. The molecule has 0 aromatic carbocycles. The smallest absolute Gasteiger partial charge is 0.251 e. The van der Waals surface area contributed by atoms with E-state index in [2.05, 4.69) is 22.2 Å². The zero-order chi connectivity index (χ0) is 15.1. The molecular weight excluding hydrogens is 296 g/mol. The summed E-state index contributed by atoms with van der Waals surface area (Å²) in [5.41, 5.74) is 2.06. The van der Waals surface area contributed by atoms with Crippen LogP contribution >= 0.6 is 11.3 Å². The van der Waals surface area contributed by atoms with Gasteiger partial charge in [-0.05, 0) is 39.0 Å². The van der Waals surface area contributed by atoms with Crippen LogP contribution in [0, 0.1) is 0 Å². The molecule has 6 heteroatoms. The molecule has 4 rings (SSSR count). The number of fused-ring (bicyclic) bond motifs is 1. The highest BCUT2D eigenvalue weighted by Crippen LogP contribution is 2.37. The summed E-state index contributed by atoms with van der Waals surface area (Å²) in [4.78, 5) is 25.3. The first-order chi connectivity index (χ1) is 10.7. The number of hydrogen-bond acceptors (Lipinski definition) is 5. The quantitative estimate of drug-likeness (QED) is 0.889. The van der Waals surface area contributed by atoms with E-state index in [-0.39, 0.29) is 11.6 Å². The number of thiazole rings is 1. The van der Waals surface area contributed by atoms with Crippen molar-refractivity contribution in [1.82, 2.24) is 20.3 Å². The molecule has 2 aliphatic rings. The van der Waals surface area contributed by atoms with Crippen LogP contribution in [0.2, 0.25) is 0 Å². The van der Waals surface area contributed by atoms with E-state index in [1.165, 1.54) is 23.4 Å². The zero-order valence-electron chi connectivity index (χ0n) is 12.7.